The Morgan fingerprint density at radius 2 is 2.15 bits per heavy atom. The van der Waals surface area contributed by atoms with Crippen molar-refractivity contribution in [1.82, 2.24) is 20.2 Å². The molecule has 2 aromatic rings. The van der Waals surface area contributed by atoms with E-state index in [0.29, 0.717) is 36.3 Å². The highest BCUT2D eigenvalue weighted by atomic mass is 16.5. The van der Waals surface area contributed by atoms with Gasteiger partial charge in [0.1, 0.15) is 0 Å². The molecule has 0 unspecified atom stereocenters. The summed E-state index contributed by atoms with van der Waals surface area (Å²) in [5.74, 6) is 1.29. The Labute approximate surface area is 153 Å². The topological polar surface area (TPSA) is 76.6 Å². The summed E-state index contributed by atoms with van der Waals surface area (Å²) < 4.78 is 10.7. The number of nitrogens with one attached hydrogen (secondary N) is 1. The van der Waals surface area contributed by atoms with Crippen LogP contribution >= 0.6 is 0 Å². The molecule has 1 amide bonds. The van der Waals surface area contributed by atoms with E-state index in [2.05, 4.69) is 27.2 Å². The molecular formula is C19H24N4O3. The minimum Gasteiger partial charge on any atom is -0.481 e. The maximum absolute atomic E-state index is 12.4. The maximum Gasteiger partial charge on any atom is 0.251 e. The van der Waals surface area contributed by atoms with Gasteiger partial charge in [-0.1, -0.05) is 12.1 Å². The van der Waals surface area contributed by atoms with Gasteiger partial charge in [0.05, 0.1) is 20.3 Å². The zero-order valence-electron chi connectivity index (χ0n) is 15.1. The molecule has 3 rings (SSSR count). The first kappa shape index (κ1) is 18.3. The third kappa shape index (κ3) is 4.77. The van der Waals surface area contributed by atoms with Crippen LogP contribution in [-0.2, 0) is 4.74 Å². The van der Waals surface area contributed by atoms with Gasteiger partial charge >= 0.3 is 0 Å². The van der Waals surface area contributed by atoms with E-state index >= 15 is 0 Å². The number of benzene rings is 1. The Hall–Kier alpha value is -2.51. The molecule has 1 N–H and O–H groups in total. The first-order valence-electron chi connectivity index (χ1n) is 8.67. The van der Waals surface area contributed by atoms with E-state index in [1.807, 2.05) is 12.1 Å². The van der Waals surface area contributed by atoms with Crippen LogP contribution in [0.3, 0.4) is 0 Å². The van der Waals surface area contributed by atoms with Crippen LogP contribution in [0.4, 0.5) is 0 Å². The van der Waals surface area contributed by atoms with Crippen molar-refractivity contribution in [2.24, 2.45) is 5.92 Å². The summed E-state index contributed by atoms with van der Waals surface area (Å²) in [5.41, 5.74) is 1.44. The van der Waals surface area contributed by atoms with Crippen molar-refractivity contribution in [3.05, 3.63) is 42.1 Å². The van der Waals surface area contributed by atoms with Crippen molar-refractivity contribution in [3.63, 3.8) is 0 Å². The molecule has 7 heteroatoms. The number of nitrogens with zero attached hydrogens (tertiary/aromatic N) is 3. The lowest BCUT2D eigenvalue weighted by molar-refractivity contribution is 0.0921. The number of hydrogen-bond donors (Lipinski definition) is 1. The Bertz CT molecular complexity index is 736. The average molecular weight is 356 g/mol. The molecule has 1 aromatic heterocycles. The summed E-state index contributed by atoms with van der Waals surface area (Å²) in [6.45, 7) is 3.88. The van der Waals surface area contributed by atoms with Crippen LogP contribution in [0.2, 0.25) is 0 Å². The highest BCUT2D eigenvalue weighted by Crippen LogP contribution is 2.18. The SMILES string of the molecule is COc1ccnc(-c2ccc(C(=O)NC[C@@H]3COCCN(C)C3)cc2)n1. The van der Waals surface area contributed by atoms with Crippen LogP contribution in [0, 0.1) is 5.92 Å². The summed E-state index contributed by atoms with van der Waals surface area (Å²) in [5, 5.41) is 3.00. The van der Waals surface area contributed by atoms with Gasteiger partial charge < -0.3 is 19.7 Å². The van der Waals surface area contributed by atoms with Crippen molar-refractivity contribution < 1.29 is 14.3 Å². The average Bonchev–Trinajstić information content (AvgIpc) is 2.90. The second-order valence-electron chi connectivity index (χ2n) is 6.41. The van der Waals surface area contributed by atoms with E-state index in [1.165, 1.54) is 0 Å². The summed E-state index contributed by atoms with van der Waals surface area (Å²) in [6.07, 6.45) is 1.65. The van der Waals surface area contributed by atoms with Crippen LogP contribution in [0.25, 0.3) is 11.4 Å². The number of amides is 1. The fraction of sp³-hybridized carbons (Fsp3) is 0.421. The molecule has 1 aliphatic heterocycles. The predicted octanol–water partition coefficient (Wildman–Crippen LogP) is 1.46. The number of ether oxygens (including phenoxy) is 2. The molecule has 138 valence electrons. The molecule has 1 atom stereocenters. The number of likely N-dealkylation sites (N-methyl/N-ethyl adjacent to an activating group) is 1. The van der Waals surface area contributed by atoms with Gasteiger partial charge in [0, 0.05) is 48.9 Å². The van der Waals surface area contributed by atoms with Crippen LogP contribution in [0.15, 0.2) is 36.5 Å². The van der Waals surface area contributed by atoms with Gasteiger partial charge in [-0.15, -0.1) is 0 Å². The molecular weight excluding hydrogens is 332 g/mol. The Kier molecular flexibility index (Phi) is 6.14. The highest BCUT2D eigenvalue weighted by molar-refractivity contribution is 5.94. The standard InChI is InChI=1S/C19H24N4O3/c1-23-9-10-26-13-14(12-23)11-21-19(24)16-5-3-15(4-6-16)18-20-8-7-17(22-18)25-2/h3-8,14H,9-13H2,1-2H3,(H,21,24)/t14-/m0/s1. The predicted molar refractivity (Wildman–Crippen MR) is 98.2 cm³/mol. The van der Waals surface area contributed by atoms with Gasteiger partial charge in [-0.25, -0.2) is 4.98 Å². The van der Waals surface area contributed by atoms with Crippen molar-refractivity contribution in [2.45, 2.75) is 0 Å². The quantitative estimate of drug-likeness (QED) is 0.874. The van der Waals surface area contributed by atoms with E-state index in [-0.39, 0.29) is 5.91 Å². The smallest absolute Gasteiger partial charge is 0.251 e. The Morgan fingerprint density at radius 1 is 1.35 bits per heavy atom. The molecule has 1 aromatic carbocycles. The van der Waals surface area contributed by atoms with E-state index in [9.17, 15) is 4.79 Å². The zero-order valence-corrected chi connectivity index (χ0v) is 15.1. The second kappa shape index (κ2) is 8.73. The third-order valence-corrected chi connectivity index (χ3v) is 4.34. The summed E-state index contributed by atoms with van der Waals surface area (Å²) >= 11 is 0. The summed E-state index contributed by atoms with van der Waals surface area (Å²) in [7, 11) is 3.64. The van der Waals surface area contributed by atoms with Gasteiger partial charge in [-0.3, -0.25) is 4.79 Å². The summed E-state index contributed by atoms with van der Waals surface area (Å²) in [4.78, 5) is 23.1. The number of rotatable bonds is 5. The van der Waals surface area contributed by atoms with E-state index in [4.69, 9.17) is 9.47 Å². The van der Waals surface area contributed by atoms with Gasteiger partial charge in [-0.05, 0) is 19.2 Å². The van der Waals surface area contributed by atoms with Crippen molar-refractivity contribution in [1.29, 1.82) is 0 Å². The van der Waals surface area contributed by atoms with Crippen molar-refractivity contribution >= 4 is 5.91 Å². The molecule has 0 spiro atoms. The minimum absolute atomic E-state index is 0.0880. The molecule has 7 nitrogen and oxygen atoms in total. The molecule has 0 saturated carbocycles. The number of hydrogen-bond acceptors (Lipinski definition) is 6. The first-order valence-corrected chi connectivity index (χ1v) is 8.67. The lowest BCUT2D eigenvalue weighted by Gasteiger charge is -2.19. The van der Waals surface area contributed by atoms with Crippen molar-refractivity contribution in [3.8, 4) is 17.3 Å². The third-order valence-electron chi connectivity index (χ3n) is 4.34. The van der Waals surface area contributed by atoms with Gasteiger partial charge in [-0.2, -0.15) is 4.98 Å². The molecule has 1 saturated heterocycles. The molecule has 1 fully saturated rings. The molecule has 0 bridgehead atoms. The van der Waals surface area contributed by atoms with Gasteiger partial charge in [0.25, 0.3) is 5.91 Å². The van der Waals surface area contributed by atoms with Gasteiger partial charge in [0.15, 0.2) is 5.82 Å². The van der Waals surface area contributed by atoms with E-state index in [1.54, 1.807) is 31.5 Å². The fourth-order valence-corrected chi connectivity index (χ4v) is 2.88. The monoisotopic (exact) mass is 356 g/mol. The van der Waals surface area contributed by atoms with E-state index < -0.39 is 0 Å². The normalized spacial score (nSPS) is 18.2. The molecule has 2 heterocycles. The van der Waals surface area contributed by atoms with Crippen LogP contribution in [0.5, 0.6) is 5.88 Å². The molecule has 26 heavy (non-hydrogen) atoms. The van der Waals surface area contributed by atoms with Crippen LogP contribution < -0.4 is 10.1 Å². The lowest BCUT2D eigenvalue weighted by atomic mass is 10.1. The van der Waals surface area contributed by atoms with Crippen LogP contribution in [-0.4, -0.2) is 67.8 Å². The molecule has 0 aliphatic carbocycles. The number of methoxy groups -OCH3 is 1. The second-order valence-corrected chi connectivity index (χ2v) is 6.41. The maximum atomic E-state index is 12.4. The Morgan fingerprint density at radius 3 is 2.92 bits per heavy atom. The van der Waals surface area contributed by atoms with E-state index in [0.717, 1.165) is 25.3 Å². The Balaban J connectivity index is 1.59. The summed E-state index contributed by atoms with van der Waals surface area (Å²) in [6, 6.07) is 8.94. The lowest BCUT2D eigenvalue weighted by Crippen LogP contribution is -2.35. The van der Waals surface area contributed by atoms with Gasteiger partial charge in [0.2, 0.25) is 5.88 Å². The number of aromatic nitrogens is 2. The molecule has 0 radical (unpaired) electrons. The number of carbonyl (C=O) groups excluding carboxylic acids is 1. The number of carbonyl (C=O) groups is 1. The minimum atomic E-state index is -0.0880. The van der Waals surface area contributed by atoms with Crippen LogP contribution in [0.1, 0.15) is 10.4 Å². The zero-order chi connectivity index (χ0) is 18.4. The fourth-order valence-electron chi connectivity index (χ4n) is 2.88. The highest BCUT2D eigenvalue weighted by Gasteiger charge is 2.17. The largest absolute Gasteiger partial charge is 0.481 e. The molecule has 1 aliphatic rings. The van der Waals surface area contributed by atoms with Crippen molar-refractivity contribution in [2.75, 3.05) is 47.0 Å². The first-order chi connectivity index (χ1) is 12.7.